The highest BCUT2D eigenvalue weighted by atomic mass is 16.5. The molecule has 2 fully saturated rings. The topological polar surface area (TPSA) is 94.3 Å². The van der Waals surface area contributed by atoms with Gasteiger partial charge < -0.3 is 24.5 Å². The van der Waals surface area contributed by atoms with Crippen LogP contribution in [0.4, 0.5) is 5.82 Å². The van der Waals surface area contributed by atoms with Gasteiger partial charge in [0, 0.05) is 58.1 Å². The van der Waals surface area contributed by atoms with E-state index in [9.17, 15) is 9.90 Å². The maximum absolute atomic E-state index is 13.2. The van der Waals surface area contributed by atoms with Gasteiger partial charge in [0.05, 0.1) is 37.7 Å². The van der Waals surface area contributed by atoms with Crippen LogP contribution in [-0.4, -0.2) is 98.0 Å². The monoisotopic (exact) mass is 443 g/mol. The zero-order valence-electron chi connectivity index (χ0n) is 18.7. The first-order valence-electron chi connectivity index (χ1n) is 11.3. The van der Waals surface area contributed by atoms with E-state index in [2.05, 4.69) is 20.0 Å². The number of aliphatic hydroxyl groups excluding tert-OH is 1. The normalized spacial score (nSPS) is 19.1. The molecule has 9 nitrogen and oxygen atoms in total. The van der Waals surface area contributed by atoms with Crippen molar-refractivity contribution in [1.29, 1.82) is 0 Å². The number of nitrogens with one attached hydrogen (secondary N) is 1. The van der Waals surface area contributed by atoms with Crippen LogP contribution in [0.1, 0.15) is 27.9 Å². The van der Waals surface area contributed by atoms with Crippen molar-refractivity contribution in [3.8, 4) is 0 Å². The molecule has 2 N–H and O–H groups in total. The molecular weight excluding hydrogens is 410 g/mol. The van der Waals surface area contributed by atoms with Gasteiger partial charge in [0.15, 0.2) is 0 Å². The summed E-state index contributed by atoms with van der Waals surface area (Å²) in [6, 6.07) is 7.54. The van der Waals surface area contributed by atoms with Crippen LogP contribution in [0.5, 0.6) is 0 Å². The lowest BCUT2D eigenvalue weighted by Gasteiger charge is -2.36. The lowest BCUT2D eigenvalue weighted by molar-refractivity contribution is 0.0118. The fraction of sp³-hybridized carbons (Fsp3) is 0.565. The lowest BCUT2D eigenvalue weighted by Crippen LogP contribution is -2.48. The summed E-state index contributed by atoms with van der Waals surface area (Å²) in [4.78, 5) is 24.6. The first-order valence-corrected chi connectivity index (χ1v) is 11.3. The summed E-state index contributed by atoms with van der Waals surface area (Å²) < 4.78 is 11.2. The summed E-state index contributed by atoms with van der Waals surface area (Å²) in [6.45, 7) is 9.44. The van der Waals surface area contributed by atoms with Gasteiger partial charge in [-0.15, -0.1) is 0 Å². The van der Waals surface area contributed by atoms with Gasteiger partial charge in [0.2, 0.25) is 0 Å². The van der Waals surface area contributed by atoms with Crippen LogP contribution in [0.25, 0.3) is 0 Å². The highest BCUT2D eigenvalue weighted by Gasteiger charge is 2.27. The second-order valence-corrected chi connectivity index (χ2v) is 8.27. The molecule has 2 aromatic heterocycles. The summed E-state index contributed by atoms with van der Waals surface area (Å²) in [6.07, 6.45) is 1.67. The van der Waals surface area contributed by atoms with Gasteiger partial charge in [-0.25, -0.2) is 4.98 Å². The van der Waals surface area contributed by atoms with Gasteiger partial charge in [-0.3, -0.25) is 14.6 Å². The van der Waals surface area contributed by atoms with Crippen molar-refractivity contribution in [3.05, 3.63) is 47.5 Å². The molecule has 1 atom stereocenters. The average molecular weight is 444 g/mol. The Morgan fingerprint density at radius 1 is 1.16 bits per heavy atom. The van der Waals surface area contributed by atoms with Crippen molar-refractivity contribution in [2.45, 2.75) is 13.0 Å². The Labute approximate surface area is 188 Å². The molecule has 1 unspecified atom stereocenters. The Morgan fingerprint density at radius 2 is 1.94 bits per heavy atom. The van der Waals surface area contributed by atoms with Crippen LogP contribution in [0.3, 0.4) is 0 Å². The number of ether oxygens (including phenoxy) is 1. The highest BCUT2D eigenvalue weighted by Crippen LogP contribution is 2.23. The number of amides is 1. The highest BCUT2D eigenvalue weighted by molar-refractivity contribution is 5.99. The minimum Gasteiger partial charge on any atom is -0.468 e. The zero-order valence-corrected chi connectivity index (χ0v) is 18.7. The Kier molecular flexibility index (Phi) is 7.75. The summed E-state index contributed by atoms with van der Waals surface area (Å²) in [5.41, 5.74) is 1.47. The summed E-state index contributed by atoms with van der Waals surface area (Å²) in [5.74, 6) is 1.44. The van der Waals surface area contributed by atoms with Crippen LogP contribution in [0.2, 0.25) is 0 Å². The van der Waals surface area contributed by atoms with E-state index >= 15 is 0 Å². The van der Waals surface area contributed by atoms with E-state index in [1.807, 2.05) is 31.2 Å². The molecule has 2 aromatic rings. The van der Waals surface area contributed by atoms with E-state index in [-0.39, 0.29) is 18.6 Å². The second kappa shape index (κ2) is 10.9. The summed E-state index contributed by atoms with van der Waals surface area (Å²) >= 11 is 0. The van der Waals surface area contributed by atoms with Gasteiger partial charge in [-0.1, -0.05) is 0 Å². The van der Waals surface area contributed by atoms with Crippen molar-refractivity contribution in [1.82, 2.24) is 20.1 Å². The number of pyridine rings is 1. The number of carbonyl (C=O) groups excluding carboxylic acids is 1. The number of hydrogen-bond donors (Lipinski definition) is 2. The van der Waals surface area contributed by atoms with E-state index in [1.54, 1.807) is 6.26 Å². The van der Waals surface area contributed by atoms with Crippen molar-refractivity contribution in [2.24, 2.45) is 0 Å². The largest absolute Gasteiger partial charge is 0.468 e. The number of β-amino-alcohol motifs (C(OH)–C–C–N with tert-alkyl or cyclic N) is 1. The lowest BCUT2D eigenvalue weighted by atomic mass is 10.1. The number of piperazine rings is 1. The molecule has 9 heteroatoms. The Morgan fingerprint density at radius 3 is 2.62 bits per heavy atom. The molecule has 0 radical (unpaired) electrons. The van der Waals surface area contributed by atoms with E-state index < -0.39 is 0 Å². The van der Waals surface area contributed by atoms with Gasteiger partial charge >= 0.3 is 0 Å². The van der Waals surface area contributed by atoms with E-state index in [0.717, 1.165) is 56.5 Å². The van der Waals surface area contributed by atoms with Crippen LogP contribution in [-0.2, 0) is 4.74 Å². The summed E-state index contributed by atoms with van der Waals surface area (Å²) in [7, 11) is 0. The van der Waals surface area contributed by atoms with Gasteiger partial charge in [0.1, 0.15) is 11.6 Å². The standard InChI is InChI=1S/C23H33N5O4/c1-18-4-5-19(22(25-18)28-8-6-26(7-9-28)10-13-29)23(30)24-17-20(21-3-2-14-32-21)27-11-15-31-16-12-27/h2-5,14,20,29H,6-13,15-17H2,1H3,(H,24,30). The van der Waals surface area contributed by atoms with Crippen molar-refractivity contribution in [2.75, 3.05) is 77.1 Å². The fourth-order valence-corrected chi connectivity index (χ4v) is 4.35. The first kappa shape index (κ1) is 22.7. The van der Waals surface area contributed by atoms with Gasteiger partial charge in [0.25, 0.3) is 5.91 Å². The third-order valence-electron chi connectivity index (χ3n) is 6.16. The summed E-state index contributed by atoms with van der Waals surface area (Å²) in [5, 5.41) is 12.3. The number of carbonyl (C=O) groups is 1. The van der Waals surface area contributed by atoms with Crippen LogP contribution < -0.4 is 10.2 Å². The molecule has 0 aliphatic carbocycles. The Hall–Kier alpha value is -2.46. The molecule has 0 spiro atoms. The SMILES string of the molecule is Cc1ccc(C(=O)NCC(c2ccco2)N2CCOCC2)c(N2CCN(CCO)CC2)n1. The molecule has 2 aliphatic heterocycles. The Balaban J connectivity index is 1.46. The van der Waals surface area contributed by atoms with Crippen molar-refractivity contribution >= 4 is 11.7 Å². The third-order valence-corrected chi connectivity index (χ3v) is 6.16. The van der Waals surface area contributed by atoms with Crippen molar-refractivity contribution < 1.29 is 19.1 Å². The fourth-order valence-electron chi connectivity index (χ4n) is 4.35. The average Bonchev–Trinajstić information content (AvgIpc) is 3.35. The maximum atomic E-state index is 13.2. The molecule has 32 heavy (non-hydrogen) atoms. The minimum absolute atomic E-state index is 0.0401. The molecular formula is C23H33N5O4. The van der Waals surface area contributed by atoms with Crippen LogP contribution in [0.15, 0.2) is 34.9 Å². The molecule has 2 saturated heterocycles. The number of rotatable bonds is 8. The number of anilines is 1. The predicted molar refractivity (Wildman–Crippen MR) is 121 cm³/mol. The molecule has 174 valence electrons. The number of nitrogens with zero attached hydrogens (tertiary/aromatic N) is 4. The molecule has 0 bridgehead atoms. The number of furan rings is 1. The Bertz CT molecular complexity index is 861. The number of morpholine rings is 1. The molecule has 2 aliphatic rings. The zero-order chi connectivity index (χ0) is 22.3. The minimum atomic E-state index is -0.130. The van der Waals surface area contributed by atoms with Crippen molar-refractivity contribution in [3.63, 3.8) is 0 Å². The molecule has 0 saturated carbocycles. The van der Waals surface area contributed by atoms with Gasteiger partial charge in [-0.2, -0.15) is 0 Å². The smallest absolute Gasteiger partial charge is 0.255 e. The number of aliphatic hydroxyl groups is 1. The molecule has 1 amide bonds. The number of aromatic nitrogens is 1. The molecule has 4 rings (SSSR count). The predicted octanol–water partition coefficient (Wildman–Crippen LogP) is 0.901. The van der Waals surface area contributed by atoms with E-state index in [1.165, 1.54) is 0 Å². The second-order valence-electron chi connectivity index (χ2n) is 8.27. The first-order chi connectivity index (χ1) is 15.7. The number of hydrogen-bond acceptors (Lipinski definition) is 8. The molecule has 4 heterocycles. The quantitative estimate of drug-likeness (QED) is 0.622. The third kappa shape index (κ3) is 5.47. The molecule has 0 aromatic carbocycles. The van der Waals surface area contributed by atoms with Gasteiger partial charge in [-0.05, 0) is 31.2 Å². The maximum Gasteiger partial charge on any atom is 0.255 e. The number of aryl methyl sites for hydroxylation is 1. The van der Waals surface area contributed by atoms with E-state index in [4.69, 9.17) is 14.1 Å². The van der Waals surface area contributed by atoms with Crippen LogP contribution in [0, 0.1) is 6.92 Å². The van der Waals surface area contributed by atoms with E-state index in [0.29, 0.717) is 31.9 Å². The van der Waals surface area contributed by atoms with Crippen LogP contribution >= 0.6 is 0 Å².